The van der Waals surface area contributed by atoms with Gasteiger partial charge in [0.15, 0.2) is 0 Å². The number of hydrogen-bond donors (Lipinski definition) is 2. The van der Waals surface area contributed by atoms with Crippen LogP contribution in [0.5, 0.6) is 0 Å². The molecule has 0 spiro atoms. The minimum absolute atomic E-state index is 0.129. The molecule has 2 aromatic rings. The minimum Gasteiger partial charge on any atom is -0.392 e. The van der Waals surface area contributed by atoms with Crippen LogP contribution in [0.1, 0.15) is 11.1 Å². The molecule has 0 unspecified atom stereocenters. The van der Waals surface area contributed by atoms with Crippen molar-refractivity contribution in [1.82, 2.24) is 4.98 Å². The number of benzene rings is 1. The molecular weight excluding hydrogens is 363 g/mol. The van der Waals surface area contributed by atoms with Gasteiger partial charge in [-0.3, -0.25) is 4.72 Å². The van der Waals surface area contributed by atoms with Gasteiger partial charge in [0.1, 0.15) is 16.5 Å². The summed E-state index contributed by atoms with van der Waals surface area (Å²) in [5.74, 6) is -0.798. The summed E-state index contributed by atoms with van der Waals surface area (Å²) in [6.07, 6.45) is 1.44. The first-order chi connectivity index (χ1) is 9.83. The summed E-state index contributed by atoms with van der Waals surface area (Å²) in [6.45, 7) is 1.32. The summed E-state index contributed by atoms with van der Waals surface area (Å²) in [6, 6.07) is 5.13. The van der Waals surface area contributed by atoms with E-state index in [0.29, 0.717) is 15.6 Å². The van der Waals surface area contributed by atoms with Crippen LogP contribution in [0.2, 0.25) is 0 Å². The van der Waals surface area contributed by atoms with E-state index in [1.54, 1.807) is 13.0 Å². The number of anilines is 1. The molecule has 0 aliphatic rings. The first kappa shape index (κ1) is 15.9. The number of halogens is 2. The maximum Gasteiger partial charge on any atom is 0.265 e. The van der Waals surface area contributed by atoms with Crippen LogP contribution in [-0.2, 0) is 16.6 Å². The van der Waals surface area contributed by atoms with Gasteiger partial charge in [-0.25, -0.2) is 17.8 Å². The van der Waals surface area contributed by atoms with Crippen LogP contribution < -0.4 is 4.72 Å². The second-order valence-electron chi connectivity index (χ2n) is 4.35. The number of hydrogen-bond acceptors (Lipinski definition) is 4. The first-order valence-corrected chi connectivity index (χ1v) is 8.15. The van der Waals surface area contributed by atoms with E-state index >= 15 is 0 Å². The molecule has 0 radical (unpaired) electrons. The Kier molecular flexibility index (Phi) is 4.60. The number of sulfonamides is 1. The SMILES string of the molecule is Cc1cc(Br)cnc1NS(=O)(=O)c1ccc(CO)cc1F. The van der Waals surface area contributed by atoms with Crippen molar-refractivity contribution in [2.24, 2.45) is 0 Å². The van der Waals surface area contributed by atoms with Crippen molar-refractivity contribution in [3.05, 3.63) is 51.9 Å². The molecule has 0 bridgehead atoms. The van der Waals surface area contributed by atoms with Crippen LogP contribution in [0.15, 0.2) is 39.8 Å². The lowest BCUT2D eigenvalue weighted by atomic mass is 10.2. The van der Waals surface area contributed by atoms with Crippen LogP contribution >= 0.6 is 15.9 Å². The van der Waals surface area contributed by atoms with Gasteiger partial charge in [-0.2, -0.15) is 0 Å². The molecule has 1 aromatic carbocycles. The van der Waals surface area contributed by atoms with Gasteiger partial charge in [0.25, 0.3) is 10.0 Å². The van der Waals surface area contributed by atoms with Gasteiger partial charge in [-0.15, -0.1) is 0 Å². The highest BCUT2D eigenvalue weighted by atomic mass is 79.9. The molecule has 0 fully saturated rings. The number of nitrogens with one attached hydrogen (secondary N) is 1. The summed E-state index contributed by atoms with van der Waals surface area (Å²) < 4.78 is 41.2. The molecule has 0 atom stereocenters. The predicted molar refractivity (Wildman–Crippen MR) is 79.8 cm³/mol. The average molecular weight is 375 g/mol. The molecule has 0 amide bonds. The number of rotatable bonds is 4. The summed E-state index contributed by atoms with van der Waals surface area (Å²) in [4.78, 5) is 3.46. The number of aryl methyl sites for hydroxylation is 1. The van der Waals surface area contributed by atoms with Crippen LogP contribution in [0, 0.1) is 12.7 Å². The van der Waals surface area contributed by atoms with Gasteiger partial charge in [0.2, 0.25) is 0 Å². The molecule has 1 heterocycles. The van der Waals surface area contributed by atoms with Crippen LogP contribution in [0.4, 0.5) is 10.2 Å². The number of aromatic nitrogens is 1. The normalized spacial score (nSPS) is 11.4. The maximum atomic E-state index is 13.8. The summed E-state index contributed by atoms with van der Waals surface area (Å²) in [5.41, 5.74) is 0.893. The second-order valence-corrected chi connectivity index (χ2v) is 6.91. The zero-order valence-electron chi connectivity index (χ0n) is 11.0. The van der Waals surface area contributed by atoms with E-state index in [4.69, 9.17) is 5.11 Å². The number of pyridine rings is 1. The smallest absolute Gasteiger partial charge is 0.265 e. The van der Waals surface area contributed by atoms with Gasteiger partial charge < -0.3 is 5.11 Å². The van der Waals surface area contributed by atoms with E-state index in [-0.39, 0.29) is 12.4 Å². The fraction of sp³-hybridized carbons (Fsp3) is 0.154. The molecule has 112 valence electrons. The standard InChI is InChI=1S/C13H12BrFN2O3S/c1-8-4-10(14)6-16-13(8)17-21(19,20)12-3-2-9(7-18)5-11(12)15/h2-6,18H,7H2,1H3,(H,16,17). The highest BCUT2D eigenvalue weighted by Gasteiger charge is 2.20. The maximum absolute atomic E-state index is 13.8. The largest absolute Gasteiger partial charge is 0.392 e. The van der Waals surface area contributed by atoms with Gasteiger partial charge in [0.05, 0.1) is 6.61 Å². The lowest BCUT2D eigenvalue weighted by Gasteiger charge is -2.11. The molecule has 0 saturated heterocycles. The second kappa shape index (κ2) is 6.08. The Hall–Kier alpha value is -1.51. The average Bonchev–Trinajstić information content (AvgIpc) is 2.41. The third kappa shape index (κ3) is 3.58. The Morgan fingerprint density at radius 3 is 2.67 bits per heavy atom. The Labute approximate surface area is 130 Å². The van der Waals surface area contributed by atoms with Crippen molar-refractivity contribution in [2.75, 3.05) is 4.72 Å². The molecule has 2 N–H and O–H groups in total. The zero-order valence-corrected chi connectivity index (χ0v) is 13.4. The molecule has 0 saturated carbocycles. The topological polar surface area (TPSA) is 79.3 Å². The van der Waals surface area contributed by atoms with Crippen molar-refractivity contribution >= 4 is 31.8 Å². The van der Waals surface area contributed by atoms with E-state index in [0.717, 1.165) is 12.1 Å². The van der Waals surface area contributed by atoms with Gasteiger partial charge >= 0.3 is 0 Å². The predicted octanol–water partition coefficient (Wildman–Crippen LogP) is 2.58. The molecule has 0 aliphatic heterocycles. The Morgan fingerprint density at radius 1 is 1.38 bits per heavy atom. The van der Waals surface area contributed by atoms with Crippen LogP contribution in [0.25, 0.3) is 0 Å². The molecule has 0 aliphatic carbocycles. The fourth-order valence-electron chi connectivity index (χ4n) is 1.69. The minimum atomic E-state index is -4.09. The first-order valence-electron chi connectivity index (χ1n) is 5.88. The molecule has 2 rings (SSSR count). The molecule has 21 heavy (non-hydrogen) atoms. The lowest BCUT2D eigenvalue weighted by Crippen LogP contribution is -2.16. The van der Waals surface area contributed by atoms with Crippen molar-refractivity contribution < 1.29 is 17.9 Å². The van der Waals surface area contributed by atoms with Crippen molar-refractivity contribution in [3.8, 4) is 0 Å². The quantitative estimate of drug-likeness (QED) is 0.861. The lowest BCUT2D eigenvalue weighted by molar-refractivity contribution is 0.281. The molecule has 1 aromatic heterocycles. The summed E-state index contributed by atoms with van der Waals surface area (Å²) in [7, 11) is -4.09. The van der Waals surface area contributed by atoms with E-state index < -0.39 is 20.7 Å². The van der Waals surface area contributed by atoms with E-state index in [1.165, 1.54) is 12.3 Å². The highest BCUT2D eigenvalue weighted by molar-refractivity contribution is 9.10. The van der Waals surface area contributed by atoms with Crippen molar-refractivity contribution in [2.45, 2.75) is 18.4 Å². The molecule has 8 heteroatoms. The van der Waals surface area contributed by atoms with E-state index in [2.05, 4.69) is 25.6 Å². The zero-order chi connectivity index (χ0) is 15.6. The molecule has 5 nitrogen and oxygen atoms in total. The van der Waals surface area contributed by atoms with Gasteiger partial charge in [0, 0.05) is 10.7 Å². The summed E-state index contributed by atoms with van der Waals surface area (Å²) >= 11 is 3.22. The monoisotopic (exact) mass is 374 g/mol. The number of nitrogens with zero attached hydrogens (tertiary/aromatic N) is 1. The van der Waals surface area contributed by atoms with Crippen LogP contribution in [0.3, 0.4) is 0 Å². The van der Waals surface area contributed by atoms with Gasteiger partial charge in [-0.1, -0.05) is 6.07 Å². The van der Waals surface area contributed by atoms with Crippen LogP contribution in [-0.4, -0.2) is 18.5 Å². The fourth-order valence-corrected chi connectivity index (χ4v) is 3.28. The van der Waals surface area contributed by atoms with Gasteiger partial charge in [-0.05, 0) is 52.2 Å². The van der Waals surface area contributed by atoms with Crippen molar-refractivity contribution in [3.63, 3.8) is 0 Å². The highest BCUT2D eigenvalue weighted by Crippen LogP contribution is 2.22. The number of aliphatic hydroxyl groups excluding tert-OH is 1. The van der Waals surface area contributed by atoms with E-state index in [1.807, 2.05) is 0 Å². The third-order valence-electron chi connectivity index (χ3n) is 2.74. The number of aliphatic hydroxyl groups is 1. The molecular formula is C13H12BrFN2O3S. The Balaban J connectivity index is 2.38. The Morgan fingerprint density at radius 2 is 2.10 bits per heavy atom. The van der Waals surface area contributed by atoms with Crippen molar-refractivity contribution in [1.29, 1.82) is 0 Å². The van der Waals surface area contributed by atoms with E-state index in [9.17, 15) is 12.8 Å². The summed E-state index contributed by atoms with van der Waals surface area (Å²) in [5, 5.41) is 8.91. The Bertz CT molecular complexity index is 781. The third-order valence-corrected chi connectivity index (χ3v) is 4.55.